The van der Waals surface area contributed by atoms with E-state index >= 15 is 0 Å². The molecule has 0 bridgehead atoms. The van der Waals surface area contributed by atoms with E-state index in [2.05, 4.69) is 14.8 Å². The van der Waals surface area contributed by atoms with Gasteiger partial charge >= 0.3 is 0 Å². The largest absolute Gasteiger partial charge is 0.383 e. The van der Waals surface area contributed by atoms with Gasteiger partial charge < -0.3 is 10.1 Å². The van der Waals surface area contributed by atoms with Gasteiger partial charge in [-0.25, -0.2) is 26.3 Å². The molecule has 1 rings (SSSR count). The molecule has 11 heteroatoms. The zero-order chi connectivity index (χ0) is 17.5. The summed E-state index contributed by atoms with van der Waals surface area (Å²) < 4.78 is 57.4. The van der Waals surface area contributed by atoms with E-state index in [4.69, 9.17) is 4.74 Å². The molecule has 24 heavy (non-hydrogen) atoms. The number of halogens is 1. The summed E-state index contributed by atoms with van der Waals surface area (Å²) in [7, 11) is -4.40. The minimum atomic E-state index is -3.68. The van der Waals surface area contributed by atoms with Crippen LogP contribution in [0.1, 0.15) is 5.56 Å². The standard InChI is InChI=1S/C13H23N3O5S2.ClH/c1-11-10-12(4-5-13(11)23(19,20)14-2)22(17,18)16-7-6-15-8-9-21-3;/h4-5,10,14-16H,6-9H2,1-3H3;1H. The Morgan fingerprint density at radius 3 is 2.25 bits per heavy atom. The van der Waals surface area contributed by atoms with Crippen LogP contribution in [0.25, 0.3) is 0 Å². The number of benzene rings is 1. The SMILES string of the molecule is CNS(=O)(=O)c1ccc(S(=O)(=O)NCCNCCOC)cc1C.Cl. The summed E-state index contributed by atoms with van der Waals surface area (Å²) in [5.74, 6) is 0. The van der Waals surface area contributed by atoms with Crippen molar-refractivity contribution in [2.75, 3.05) is 40.4 Å². The number of ether oxygens (including phenoxy) is 1. The molecule has 1 aromatic rings. The predicted octanol–water partition coefficient (Wildman–Crippen LogP) is -0.161. The van der Waals surface area contributed by atoms with E-state index in [1.165, 1.54) is 25.2 Å². The first-order valence-electron chi connectivity index (χ1n) is 6.98. The number of hydrogen-bond acceptors (Lipinski definition) is 6. The van der Waals surface area contributed by atoms with E-state index in [9.17, 15) is 16.8 Å². The van der Waals surface area contributed by atoms with Crippen LogP contribution in [0.15, 0.2) is 28.0 Å². The summed E-state index contributed by atoms with van der Waals surface area (Å²) in [6, 6.07) is 3.90. The Balaban J connectivity index is 0.00000529. The van der Waals surface area contributed by atoms with Crippen molar-refractivity contribution < 1.29 is 21.6 Å². The van der Waals surface area contributed by atoms with Crippen LogP contribution in [0, 0.1) is 6.92 Å². The Morgan fingerprint density at radius 1 is 1.04 bits per heavy atom. The third-order valence-electron chi connectivity index (χ3n) is 3.09. The molecule has 0 unspecified atom stereocenters. The van der Waals surface area contributed by atoms with Gasteiger partial charge in [0.25, 0.3) is 0 Å². The first-order chi connectivity index (χ1) is 10.7. The molecule has 0 amide bonds. The lowest BCUT2D eigenvalue weighted by Gasteiger charge is -2.11. The molecule has 140 valence electrons. The van der Waals surface area contributed by atoms with Crippen molar-refractivity contribution in [1.82, 2.24) is 14.8 Å². The lowest BCUT2D eigenvalue weighted by molar-refractivity contribution is 0.199. The third kappa shape index (κ3) is 6.63. The Labute approximate surface area is 149 Å². The summed E-state index contributed by atoms with van der Waals surface area (Å²) in [5, 5.41) is 3.02. The fourth-order valence-corrected chi connectivity index (χ4v) is 3.92. The van der Waals surface area contributed by atoms with E-state index in [1.54, 1.807) is 14.0 Å². The summed E-state index contributed by atoms with van der Waals surface area (Å²) in [6.07, 6.45) is 0. The van der Waals surface area contributed by atoms with Gasteiger partial charge in [-0.2, -0.15) is 0 Å². The highest BCUT2D eigenvalue weighted by Gasteiger charge is 2.19. The molecule has 1 aromatic carbocycles. The van der Waals surface area contributed by atoms with Gasteiger partial charge in [-0.1, -0.05) is 0 Å². The Bertz CT molecular complexity index is 723. The Hall–Kier alpha value is -0.750. The zero-order valence-corrected chi connectivity index (χ0v) is 16.3. The fraction of sp³-hybridized carbons (Fsp3) is 0.538. The second kappa shape index (κ2) is 10.3. The molecular formula is C13H24ClN3O5S2. The molecule has 0 atom stereocenters. The van der Waals surface area contributed by atoms with Crippen LogP contribution in [0.2, 0.25) is 0 Å². The highest BCUT2D eigenvalue weighted by atomic mass is 35.5. The lowest BCUT2D eigenvalue weighted by atomic mass is 10.2. The number of rotatable bonds is 10. The van der Waals surface area contributed by atoms with E-state index in [0.717, 1.165) is 0 Å². The lowest BCUT2D eigenvalue weighted by Crippen LogP contribution is -2.33. The number of methoxy groups -OCH3 is 1. The molecule has 0 spiro atoms. The molecule has 3 N–H and O–H groups in total. The van der Waals surface area contributed by atoms with Crippen molar-refractivity contribution in [2.45, 2.75) is 16.7 Å². The average molecular weight is 402 g/mol. The van der Waals surface area contributed by atoms with E-state index in [0.29, 0.717) is 25.3 Å². The predicted molar refractivity (Wildman–Crippen MR) is 94.6 cm³/mol. The Kier molecular flexibility index (Phi) is 9.97. The van der Waals surface area contributed by atoms with Gasteiger partial charge in [-0.05, 0) is 37.7 Å². The van der Waals surface area contributed by atoms with Crippen molar-refractivity contribution in [3.63, 3.8) is 0 Å². The molecule has 0 radical (unpaired) electrons. The van der Waals surface area contributed by atoms with Crippen LogP contribution in [0.5, 0.6) is 0 Å². The monoisotopic (exact) mass is 401 g/mol. The van der Waals surface area contributed by atoms with Crippen molar-refractivity contribution in [3.05, 3.63) is 23.8 Å². The summed E-state index contributed by atoms with van der Waals surface area (Å²) >= 11 is 0. The molecule has 0 aliphatic heterocycles. The van der Waals surface area contributed by atoms with Crippen LogP contribution in [0.3, 0.4) is 0 Å². The fourth-order valence-electron chi connectivity index (χ4n) is 1.86. The molecule has 0 saturated carbocycles. The topological polar surface area (TPSA) is 114 Å². The van der Waals surface area contributed by atoms with Crippen LogP contribution in [-0.2, 0) is 24.8 Å². The second-order valence-electron chi connectivity index (χ2n) is 4.78. The van der Waals surface area contributed by atoms with Crippen LogP contribution in [-0.4, -0.2) is 57.2 Å². The highest BCUT2D eigenvalue weighted by molar-refractivity contribution is 7.90. The maximum atomic E-state index is 12.2. The van der Waals surface area contributed by atoms with Crippen molar-refractivity contribution in [1.29, 1.82) is 0 Å². The molecule has 0 heterocycles. The smallest absolute Gasteiger partial charge is 0.240 e. The number of nitrogens with one attached hydrogen (secondary N) is 3. The first kappa shape index (κ1) is 23.2. The zero-order valence-electron chi connectivity index (χ0n) is 13.8. The van der Waals surface area contributed by atoms with Crippen molar-refractivity contribution in [2.24, 2.45) is 0 Å². The van der Waals surface area contributed by atoms with E-state index in [1.807, 2.05) is 0 Å². The summed E-state index contributed by atoms with van der Waals surface area (Å²) in [6.45, 7) is 3.42. The number of aryl methyl sites for hydroxylation is 1. The number of hydrogen-bond donors (Lipinski definition) is 3. The van der Waals surface area contributed by atoms with Crippen LogP contribution in [0.4, 0.5) is 0 Å². The van der Waals surface area contributed by atoms with Gasteiger partial charge in [0.05, 0.1) is 16.4 Å². The molecule has 0 aliphatic rings. The number of sulfonamides is 2. The summed E-state index contributed by atoms with van der Waals surface area (Å²) in [4.78, 5) is 0.0853. The van der Waals surface area contributed by atoms with Crippen LogP contribution >= 0.6 is 12.4 Å². The quantitative estimate of drug-likeness (QED) is 0.469. The minimum absolute atomic E-state index is 0. The van der Waals surface area contributed by atoms with Gasteiger partial charge in [-0.3, -0.25) is 0 Å². The van der Waals surface area contributed by atoms with Gasteiger partial charge in [0.1, 0.15) is 0 Å². The van der Waals surface area contributed by atoms with Gasteiger partial charge in [-0.15, -0.1) is 12.4 Å². The van der Waals surface area contributed by atoms with E-state index in [-0.39, 0.29) is 28.7 Å². The van der Waals surface area contributed by atoms with Gasteiger partial charge in [0, 0.05) is 26.7 Å². The van der Waals surface area contributed by atoms with Crippen LogP contribution < -0.4 is 14.8 Å². The average Bonchev–Trinajstić information content (AvgIpc) is 2.50. The van der Waals surface area contributed by atoms with Gasteiger partial charge in [0.2, 0.25) is 20.0 Å². The molecule has 0 saturated heterocycles. The molecular weight excluding hydrogens is 378 g/mol. The Morgan fingerprint density at radius 2 is 1.71 bits per heavy atom. The third-order valence-corrected chi connectivity index (χ3v) is 6.13. The summed E-state index contributed by atoms with van der Waals surface area (Å²) in [5.41, 5.74) is 0.362. The molecule has 0 aliphatic carbocycles. The van der Waals surface area contributed by atoms with Crippen molar-refractivity contribution >= 4 is 32.5 Å². The molecule has 0 fully saturated rings. The first-order valence-corrected chi connectivity index (χ1v) is 9.95. The van der Waals surface area contributed by atoms with Crippen molar-refractivity contribution in [3.8, 4) is 0 Å². The highest BCUT2D eigenvalue weighted by Crippen LogP contribution is 2.19. The molecule has 0 aromatic heterocycles. The minimum Gasteiger partial charge on any atom is -0.383 e. The maximum Gasteiger partial charge on any atom is 0.240 e. The molecule has 8 nitrogen and oxygen atoms in total. The normalized spacial score (nSPS) is 12.0. The second-order valence-corrected chi connectivity index (χ2v) is 8.40. The van der Waals surface area contributed by atoms with Gasteiger partial charge in [0.15, 0.2) is 0 Å². The maximum absolute atomic E-state index is 12.2. The van der Waals surface area contributed by atoms with E-state index < -0.39 is 20.0 Å².